The van der Waals surface area contributed by atoms with Crippen molar-refractivity contribution in [1.29, 1.82) is 0 Å². The van der Waals surface area contributed by atoms with Crippen LogP contribution in [0.4, 0.5) is 17.1 Å². The minimum atomic E-state index is -0.143. The molecule has 2 aliphatic rings. The van der Waals surface area contributed by atoms with E-state index < -0.39 is 0 Å². The maximum atomic E-state index is 7.05. The molecule has 0 spiro atoms. The van der Waals surface area contributed by atoms with Gasteiger partial charge in [0.1, 0.15) is 22.4 Å². The van der Waals surface area contributed by atoms with Crippen LogP contribution in [0.5, 0.6) is 0 Å². The number of hydrogen-bond acceptors (Lipinski definition) is 3. The first-order valence-corrected chi connectivity index (χ1v) is 19.1. The van der Waals surface area contributed by atoms with Crippen LogP contribution in [-0.2, 0) is 0 Å². The van der Waals surface area contributed by atoms with Crippen LogP contribution in [0.2, 0.25) is 0 Å². The number of fused-ring (bicyclic) bond motifs is 6. The van der Waals surface area contributed by atoms with Crippen molar-refractivity contribution >= 4 is 67.5 Å². The van der Waals surface area contributed by atoms with Crippen molar-refractivity contribution in [3.8, 4) is 11.1 Å². The van der Waals surface area contributed by atoms with Crippen molar-refractivity contribution in [2.24, 2.45) is 4.99 Å². The van der Waals surface area contributed by atoms with E-state index >= 15 is 0 Å². The second-order valence-electron chi connectivity index (χ2n) is 13.7. The monoisotopic (exact) mass is 714 g/mol. The Bertz CT molecular complexity index is 2510. The lowest BCUT2D eigenvalue weighted by atomic mass is 9.83. The number of anilines is 2. The molecular weight excluding hydrogens is 668 g/mol. The summed E-state index contributed by atoms with van der Waals surface area (Å²) in [5, 5.41) is 5.68. The zero-order valence-corrected chi connectivity index (χ0v) is 32.6. The van der Waals surface area contributed by atoms with Crippen molar-refractivity contribution in [2.45, 2.75) is 66.7 Å². The van der Waals surface area contributed by atoms with Gasteiger partial charge in [-0.3, -0.25) is 0 Å². The summed E-state index contributed by atoms with van der Waals surface area (Å²) in [5.41, 5.74) is 13.0. The zero-order chi connectivity index (χ0) is 37.4. The smallest absolute Gasteiger partial charge is 0.136 e. The summed E-state index contributed by atoms with van der Waals surface area (Å²) in [4.78, 5) is 7.42. The van der Waals surface area contributed by atoms with E-state index in [1.165, 1.54) is 60.7 Å². The fourth-order valence-corrected chi connectivity index (χ4v) is 8.46. The summed E-state index contributed by atoms with van der Waals surface area (Å²) in [6, 6.07) is 31.1. The fraction of sp³-hybridized carbons (Fsp3) is 0.204. The third-order valence-electron chi connectivity index (χ3n) is 10.7. The molecule has 6 aromatic rings. The van der Waals surface area contributed by atoms with Gasteiger partial charge in [0.05, 0.1) is 5.69 Å². The van der Waals surface area contributed by atoms with Crippen LogP contribution in [0.15, 0.2) is 131 Å². The third-order valence-corrected chi connectivity index (χ3v) is 11.2. The van der Waals surface area contributed by atoms with E-state index in [-0.39, 0.29) is 11.8 Å². The highest BCUT2D eigenvalue weighted by Gasteiger charge is 2.39. The topological polar surface area (TPSA) is 28.7 Å². The molecule has 0 saturated carbocycles. The molecule has 3 nitrogen and oxygen atoms in total. The molecule has 1 aliphatic heterocycles. The zero-order valence-electron chi connectivity index (χ0n) is 31.8. The van der Waals surface area contributed by atoms with Crippen LogP contribution in [-0.4, -0.2) is 5.17 Å². The average molecular weight is 715 g/mol. The Morgan fingerprint density at radius 3 is 2.42 bits per heavy atom. The number of benzene rings is 5. The van der Waals surface area contributed by atoms with Crippen LogP contribution >= 0.6 is 11.6 Å². The van der Waals surface area contributed by atoms with Gasteiger partial charge in [0.25, 0.3) is 0 Å². The van der Waals surface area contributed by atoms with Gasteiger partial charge in [-0.25, -0.2) is 4.99 Å². The van der Waals surface area contributed by atoms with Crippen molar-refractivity contribution < 1.29 is 4.42 Å². The molecule has 1 aromatic heterocycles. The number of aliphatic imine (C=N–C) groups is 1. The maximum absolute atomic E-state index is 7.05. The quantitative estimate of drug-likeness (QED) is 0.154. The highest BCUT2D eigenvalue weighted by molar-refractivity contribution is 6.66. The van der Waals surface area contributed by atoms with Gasteiger partial charge in [0.15, 0.2) is 0 Å². The normalized spacial score (nSPS) is 15.7. The lowest BCUT2D eigenvalue weighted by Gasteiger charge is -2.27. The Kier molecular flexibility index (Phi) is 10.1. The molecule has 0 bridgehead atoms. The fourth-order valence-electron chi connectivity index (χ4n) is 8.25. The molecule has 0 amide bonds. The Hall–Kier alpha value is -5.38. The lowest BCUT2D eigenvalue weighted by molar-refractivity contribution is 0.525. The van der Waals surface area contributed by atoms with E-state index in [4.69, 9.17) is 21.0 Å². The molecule has 4 heteroatoms. The molecule has 53 heavy (non-hydrogen) atoms. The van der Waals surface area contributed by atoms with Crippen molar-refractivity contribution in [2.75, 3.05) is 4.90 Å². The molecular formula is C49H47ClN2O. The van der Waals surface area contributed by atoms with Crippen molar-refractivity contribution in [3.05, 3.63) is 161 Å². The summed E-state index contributed by atoms with van der Waals surface area (Å²) < 4.78 is 6.00. The standard InChI is InChI=1S/C47H41ClN2O.C2H6/c1-7-16-42-35(8-2)45(31(6)51-42)49-47(48)28(3)33-18-15-19-34(27-33)50-41-24-14-13-23-40(41)44-39-22-12-11-21-38(39)43(30(5)46(44)50)37-26-25-32-17-9-10-20-36(32)29(37)4;1-2/h7-22,24-28,40H,2,23H2,1,3-6H3;1-2H3/b16-7-,49-47?;. The molecule has 0 fully saturated rings. The van der Waals surface area contributed by atoms with Gasteiger partial charge < -0.3 is 9.32 Å². The SMILES string of the molecule is C=Cc1c(/C=C\C)oc(C)c1N=C(Cl)C(C)c1cccc(N2C3=CC=CCC3c3c2c(C)c(-c2ccc4ccccc4c2C)c2ccccc32)c1.CC. The van der Waals surface area contributed by atoms with Crippen LogP contribution < -0.4 is 4.90 Å². The van der Waals surface area contributed by atoms with E-state index in [0.717, 1.165) is 34.7 Å². The van der Waals surface area contributed by atoms with Crippen LogP contribution in [0.25, 0.3) is 44.8 Å². The molecule has 5 aromatic carbocycles. The molecule has 2 unspecified atom stereocenters. The van der Waals surface area contributed by atoms with Crippen LogP contribution in [0.3, 0.4) is 0 Å². The molecule has 2 atom stereocenters. The number of aryl methyl sites for hydroxylation is 2. The van der Waals surface area contributed by atoms with E-state index in [1.807, 2.05) is 39.8 Å². The van der Waals surface area contributed by atoms with Crippen molar-refractivity contribution in [1.82, 2.24) is 0 Å². The summed E-state index contributed by atoms with van der Waals surface area (Å²) in [6.45, 7) is 18.6. The van der Waals surface area contributed by atoms with E-state index in [1.54, 1.807) is 6.08 Å². The largest absolute Gasteiger partial charge is 0.459 e. The Morgan fingerprint density at radius 2 is 1.66 bits per heavy atom. The maximum Gasteiger partial charge on any atom is 0.136 e. The number of rotatable bonds is 7. The molecule has 0 radical (unpaired) electrons. The molecule has 0 saturated heterocycles. The summed E-state index contributed by atoms with van der Waals surface area (Å²) in [6.07, 6.45) is 13.4. The second kappa shape index (κ2) is 14.9. The predicted octanol–water partition coefficient (Wildman–Crippen LogP) is 15.0. The number of halogens is 1. The Labute approximate surface area is 319 Å². The van der Waals surface area contributed by atoms with Gasteiger partial charge in [-0.15, -0.1) is 0 Å². The van der Waals surface area contributed by atoms with Gasteiger partial charge in [-0.05, 0) is 113 Å². The first-order chi connectivity index (χ1) is 25.8. The first-order valence-electron chi connectivity index (χ1n) is 18.8. The van der Waals surface area contributed by atoms with Crippen LogP contribution in [0.1, 0.15) is 85.3 Å². The summed E-state index contributed by atoms with van der Waals surface area (Å²) in [7, 11) is 0. The van der Waals surface area contributed by atoms with E-state index in [2.05, 4.69) is 135 Å². The second-order valence-corrected chi connectivity index (χ2v) is 14.0. The molecule has 2 heterocycles. The van der Waals surface area contributed by atoms with E-state index in [0.29, 0.717) is 10.9 Å². The van der Waals surface area contributed by atoms with Gasteiger partial charge in [-0.2, -0.15) is 0 Å². The summed E-state index contributed by atoms with van der Waals surface area (Å²) >= 11 is 7.05. The molecule has 0 N–H and O–H groups in total. The number of nitrogens with zero attached hydrogens (tertiary/aromatic N) is 2. The van der Waals surface area contributed by atoms with Crippen molar-refractivity contribution in [3.63, 3.8) is 0 Å². The van der Waals surface area contributed by atoms with Gasteiger partial charge >= 0.3 is 0 Å². The number of allylic oxidation sites excluding steroid dienone is 5. The van der Waals surface area contributed by atoms with Gasteiger partial charge in [-0.1, -0.05) is 136 Å². The van der Waals surface area contributed by atoms with Crippen LogP contribution in [0, 0.1) is 20.8 Å². The predicted molar refractivity (Wildman–Crippen MR) is 230 cm³/mol. The minimum Gasteiger partial charge on any atom is -0.459 e. The highest BCUT2D eigenvalue weighted by atomic mass is 35.5. The Balaban J connectivity index is 0.00000214. The first kappa shape index (κ1) is 36.0. The van der Waals surface area contributed by atoms with E-state index in [9.17, 15) is 0 Å². The average Bonchev–Trinajstić information content (AvgIpc) is 3.70. The molecule has 266 valence electrons. The molecule has 1 aliphatic carbocycles. The van der Waals surface area contributed by atoms with Gasteiger partial charge in [0, 0.05) is 28.8 Å². The number of furan rings is 1. The highest BCUT2D eigenvalue weighted by Crippen LogP contribution is 2.57. The lowest BCUT2D eigenvalue weighted by Crippen LogP contribution is -2.16. The number of hydrogen-bond donors (Lipinski definition) is 0. The molecule has 8 rings (SSSR count). The third kappa shape index (κ3) is 6.07. The Morgan fingerprint density at radius 1 is 0.925 bits per heavy atom. The summed E-state index contributed by atoms with van der Waals surface area (Å²) in [5.74, 6) is 1.57. The minimum absolute atomic E-state index is 0.143. The van der Waals surface area contributed by atoms with Gasteiger partial charge in [0.2, 0.25) is 0 Å².